The molecule has 1 heterocycles. The number of para-hydroxylation sites is 2. The Morgan fingerprint density at radius 3 is 2.71 bits per heavy atom. The van der Waals surface area contributed by atoms with Gasteiger partial charge in [-0.15, -0.1) is 0 Å². The van der Waals surface area contributed by atoms with E-state index >= 15 is 0 Å². The molecule has 2 N–H and O–H groups in total. The van der Waals surface area contributed by atoms with Crippen molar-refractivity contribution in [2.45, 2.75) is 6.54 Å². The largest absolute Gasteiger partial charge is 0.490 e. The van der Waals surface area contributed by atoms with Crippen LogP contribution < -0.4 is 16.2 Å². The number of nitrogen functional groups attached to an aromatic ring is 1. The molecule has 1 aromatic heterocycles. The van der Waals surface area contributed by atoms with Gasteiger partial charge in [0.2, 0.25) is 0 Å². The van der Waals surface area contributed by atoms with Crippen molar-refractivity contribution in [3.8, 4) is 5.75 Å². The molecule has 90 valence electrons. The number of nitrogens with two attached hydrogens (primary N) is 1. The van der Waals surface area contributed by atoms with E-state index in [1.54, 1.807) is 30.1 Å². The third-order valence-electron chi connectivity index (χ3n) is 2.53. The number of nitrogens with zero attached hydrogens (tertiary/aromatic N) is 2. The van der Waals surface area contributed by atoms with Crippen molar-refractivity contribution in [1.29, 1.82) is 0 Å². The zero-order valence-electron chi connectivity index (χ0n) is 9.67. The second-order valence-corrected chi connectivity index (χ2v) is 3.77. The van der Waals surface area contributed by atoms with Crippen molar-refractivity contribution in [2.75, 3.05) is 12.3 Å². The van der Waals surface area contributed by atoms with Gasteiger partial charge in [-0.25, -0.2) is 4.79 Å². The van der Waals surface area contributed by atoms with Gasteiger partial charge in [0.05, 0.1) is 12.2 Å². The number of hydrogen-bond acceptors (Lipinski definition) is 3. The first kappa shape index (κ1) is 11.3. The lowest BCUT2D eigenvalue weighted by Gasteiger charge is -2.08. The Bertz CT molecular complexity index is 557. The molecular weight excluding hydrogens is 218 g/mol. The maximum absolute atomic E-state index is 11.5. The highest BCUT2D eigenvalue weighted by Crippen LogP contribution is 2.19. The number of rotatable bonds is 4. The first-order valence-corrected chi connectivity index (χ1v) is 5.37. The summed E-state index contributed by atoms with van der Waals surface area (Å²) in [6.07, 6.45) is 3.46. The fraction of sp³-hybridized carbons (Fsp3) is 0.250. The van der Waals surface area contributed by atoms with Crippen LogP contribution in [0.1, 0.15) is 0 Å². The zero-order chi connectivity index (χ0) is 12.3. The van der Waals surface area contributed by atoms with Crippen molar-refractivity contribution in [1.82, 2.24) is 9.13 Å². The molecule has 2 rings (SSSR count). The molecule has 0 saturated heterocycles. The summed E-state index contributed by atoms with van der Waals surface area (Å²) in [5.74, 6) is 0.650. The van der Waals surface area contributed by atoms with Crippen molar-refractivity contribution >= 4 is 5.69 Å². The second-order valence-electron chi connectivity index (χ2n) is 3.77. The minimum atomic E-state index is -0.0466. The lowest BCUT2D eigenvalue weighted by molar-refractivity contribution is 0.297. The molecule has 0 unspecified atom stereocenters. The summed E-state index contributed by atoms with van der Waals surface area (Å²) >= 11 is 0. The Hall–Kier alpha value is -2.17. The highest BCUT2D eigenvalue weighted by atomic mass is 16.5. The minimum Gasteiger partial charge on any atom is -0.490 e. The van der Waals surface area contributed by atoms with Gasteiger partial charge in [-0.3, -0.25) is 4.57 Å². The molecule has 0 aliphatic carbocycles. The predicted molar refractivity (Wildman–Crippen MR) is 66.0 cm³/mol. The zero-order valence-corrected chi connectivity index (χ0v) is 9.67. The number of aryl methyl sites for hydroxylation is 1. The van der Waals surface area contributed by atoms with E-state index in [1.807, 2.05) is 18.2 Å². The number of anilines is 1. The van der Waals surface area contributed by atoms with Gasteiger partial charge in [-0.05, 0) is 12.1 Å². The SMILES string of the molecule is Cn1ccn(CCOc2ccccc2N)c1=O. The van der Waals surface area contributed by atoms with Crippen LogP contribution in [0.5, 0.6) is 5.75 Å². The summed E-state index contributed by atoms with van der Waals surface area (Å²) in [4.78, 5) is 11.5. The van der Waals surface area contributed by atoms with Crippen LogP contribution in [-0.4, -0.2) is 15.7 Å². The first-order valence-electron chi connectivity index (χ1n) is 5.37. The Labute approximate surface area is 99.0 Å². The summed E-state index contributed by atoms with van der Waals surface area (Å²) in [6, 6.07) is 7.30. The quantitative estimate of drug-likeness (QED) is 0.796. The highest BCUT2D eigenvalue weighted by molar-refractivity contribution is 5.51. The summed E-state index contributed by atoms with van der Waals surface area (Å²) in [5.41, 5.74) is 6.29. The molecule has 1 aromatic carbocycles. The van der Waals surface area contributed by atoms with E-state index in [1.165, 1.54) is 4.57 Å². The lowest BCUT2D eigenvalue weighted by atomic mass is 10.3. The van der Waals surface area contributed by atoms with Crippen molar-refractivity contribution in [3.63, 3.8) is 0 Å². The summed E-state index contributed by atoms with van der Waals surface area (Å²) in [5, 5.41) is 0. The molecule has 0 bridgehead atoms. The molecule has 0 fully saturated rings. The maximum Gasteiger partial charge on any atom is 0.327 e. The second kappa shape index (κ2) is 4.78. The monoisotopic (exact) mass is 233 g/mol. The highest BCUT2D eigenvalue weighted by Gasteiger charge is 2.01. The van der Waals surface area contributed by atoms with Gasteiger partial charge < -0.3 is 15.0 Å². The average molecular weight is 233 g/mol. The topological polar surface area (TPSA) is 62.2 Å². The van der Waals surface area contributed by atoms with Crippen LogP contribution >= 0.6 is 0 Å². The molecule has 5 heteroatoms. The summed E-state index contributed by atoms with van der Waals surface area (Å²) in [7, 11) is 1.72. The Kier molecular flexibility index (Phi) is 3.18. The van der Waals surface area contributed by atoms with Gasteiger partial charge in [0.25, 0.3) is 0 Å². The molecule has 0 aliphatic rings. The molecule has 0 spiro atoms. The van der Waals surface area contributed by atoms with Crippen molar-refractivity contribution in [3.05, 3.63) is 47.1 Å². The Balaban J connectivity index is 1.95. The number of aromatic nitrogens is 2. The van der Waals surface area contributed by atoms with Crippen LogP contribution in [0, 0.1) is 0 Å². The van der Waals surface area contributed by atoms with Crippen molar-refractivity contribution in [2.24, 2.45) is 7.05 Å². The van der Waals surface area contributed by atoms with Crippen LogP contribution in [0.2, 0.25) is 0 Å². The molecule has 0 saturated carbocycles. The van der Waals surface area contributed by atoms with Gasteiger partial charge >= 0.3 is 5.69 Å². The van der Waals surface area contributed by atoms with Gasteiger partial charge in [0.15, 0.2) is 0 Å². The molecular formula is C12H15N3O2. The molecule has 0 radical (unpaired) electrons. The summed E-state index contributed by atoms with van der Waals surface area (Å²) < 4.78 is 8.63. The molecule has 17 heavy (non-hydrogen) atoms. The number of imidazole rings is 1. The summed E-state index contributed by atoms with van der Waals surface area (Å²) in [6.45, 7) is 0.923. The van der Waals surface area contributed by atoms with Gasteiger partial charge in [-0.2, -0.15) is 0 Å². The standard InChI is InChI=1S/C12H15N3O2/c1-14-6-7-15(12(14)16)8-9-17-11-5-3-2-4-10(11)13/h2-7H,8-9,13H2,1H3. The van der Waals surface area contributed by atoms with E-state index in [-0.39, 0.29) is 5.69 Å². The third kappa shape index (κ3) is 2.50. The number of benzene rings is 1. The first-order chi connectivity index (χ1) is 8.18. The molecule has 0 atom stereocenters. The predicted octanol–water partition coefficient (Wildman–Crippen LogP) is 0.848. The van der Waals surface area contributed by atoms with Crippen LogP contribution in [0.3, 0.4) is 0 Å². The molecule has 2 aromatic rings. The van der Waals surface area contributed by atoms with E-state index in [2.05, 4.69) is 0 Å². The van der Waals surface area contributed by atoms with Gasteiger partial charge in [0.1, 0.15) is 12.4 Å². The third-order valence-corrected chi connectivity index (χ3v) is 2.53. The molecule has 0 amide bonds. The van der Waals surface area contributed by atoms with Crippen LogP contribution in [0.25, 0.3) is 0 Å². The van der Waals surface area contributed by atoms with E-state index in [4.69, 9.17) is 10.5 Å². The van der Waals surface area contributed by atoms with E-state index in [9.17, 15) is 4.79 Å². The molecule has 0 aliphatic heterocycles. The minimum absolute atomic E-state index is 0.0466. The van der Waals surface area contributed by atoms with E-state index in [0.717, 1.165) is 0 Å². The number of hydrogen-bond donors (Lipinski definition) is 1. The number of ether oxygens (including phenoxy) is 1. The van der Waals surface area contributed by atoms with Gasteiger partial charge in [-0.1, -0.05) is 12.1 Å². The smallest absolute Gasteiger partial charge is 0.327 e. The normalized spacial score (nSPS) is 10.4. The fourth-order valence-corrected chi connectivity index (χ4v) is 1.55. The average Bonchev–Trinajstić information content (AvgIpc) is 2.63. The van der Waals surface area contributed by atoms with Crippen LogP contribution in [0.4, 0.5) is 5.69 Å². The molecule has 5 nitrogen and oxygen atoms in total. The van der Waals surface area contributed by atoms with Crippen molar-refractivity contribution < 1.29 is 4.74 Å². The van der Waals surface area contributed by atoms with Gasteiger partial charge in [0, 0.05) is 19.4 Å². The van der Waals surface area contributed by atoms with Crippen LogP contribution in [0.15, 0.2) is 41.5 Å². The lowest BCUT2D eigenvalue weighted by Crippen LogP contribution is -2.24. The van der Waals surface area contributed by atoms with E-state index in [0.29, 0.717) is 24.6 Å². The van der Waals surface area contributed by atoms with Crippen LogP contribution in [-0.2, 0) is 13.6 Å². The Morgan fingerprint density at radius 2 is 2.06 bits per heavy atom. The fourth-order valence-electron chi connectivity index (χ4n) is 1.55. The van der Waals surface area contributed by atoms with E-state index < -0.39 is 0 Å². The Morgan fingerprint density at radius 1 is 1.29 bits per heavy atom. The maximum atomic E-state index is 11.5.